The predicted octanol–water partition coefficient (Wildman–Crippen LogP) is 2.36. The largest absolute Gasteiger partial charge is 0.487 e. The summed E-state index contributed by atoms with van der Waals surface area (Å²) in [6.45, 7) is 1.29. The van der Waals surface area contributed by atoms with E-state index in [1.807, 2.05) is 0 Å². The third-order valence-electron chi connectivity index (χ3n) is 2.85. The Hall–Kier alpha value is -1.44. The van der Waals surface area contributed by atoms with E-state index < -0.39 is 13.0 Å². The molecule has 0 saturated heterocycles. The molecule has 0 aliphatic carbocycles. The fourth-order valence-electron chi connectivity index (χ4n) is 1.67. The highest BCUT2D eigenvalue weighted by Crippen LogP contribution is 2.23. The highest BCUT2D eigenvalue weighted by atomic mass is 35.5. The number of hydrogen-bond acceptors (Lipinski definition) is 4. The summed E-state index contributed by atoms with van der Waals surface area (Å²) < 4.78 is 34.3. The number of alkyl halides is 2. The number of rotatable bonds is 8. The number of carbonyl (C=O) groups excluding carboxylic acids is 1. The molecule has 1 atom stereocenters. The minimum atomic E-state index is -2.55. The lowest BCUT2D eigenvalue weighted by molar-refractivity contribution is -0.118. The fourth-order valence-corrected chi connectivity index (χ4v) is 1.67. The van der Waals surface area contributed by atoms with Crippen molar-refractivity contribution in [2.45, 2.75) is 25.9 Å². The molecule has 0 spiro atoms. The number of hydrogen-bond donors (Lipinski definition) is 2. The number of ether oxygens (including phenoxy) is 2. The summed E-state index contributed by atoms with van der Waals surface area (Å²) in [7, 11) is 1.48. The number of benzene rings is 1. The SMILES string of the molecule is COC(CN)CC(=O)Nc1ccc(C)c(OCC(F)F)c1.Cl. The second-order valence-corrected chi connectivity index (χ2v) is 4.53. The second-order valence-electron chi connectivity index (χ2n) is 4.53. The minimum Gasteiger partial charge on any atom is -0.487 e. The molecule has 0 heterocycles. The Morgan fingerprint density at radius 2 is 2.09 bits per heavy atom. The van der Waals surface area contributed by atoms with Crippen LogP contribution >= 0.6 is 12.4 Å². The van der Waals surface area contributed by atoms with Gasteiger partial charge in [-0.25, -0.2) is 8.78 Å². The number of amides is 1. The molecule has 1 aromatic carbocycles. The van der Waals surface area contributed by atoms with Gasteiger partial charge >= 0.3 is 0 Å². The van der Waals surface area contributed by atoms with Crippen LogP contribution in [-0.2, 0) is 9.53 Å². The summed E-state index contributed by atoms with van der Waals surface area (Å²) in [6, 6.07) is 4.87. The van der Waals surface area contributed by atoms with Gasteiger partial charge in [0.1, 0.15) is 12.4 Å². The van der Waals surface area contributed by atoms with Crippen LogP contribution in [0.1, 0.15) is 12.0 Å². The van der Waals surface area contributed by atoms with Gasteiger partial charge in [0, 0.05) is 25.4 Å². The Bertz CT molecular complexity index is 471. The van der Waals surface area contributed by atoms with Gasteiger partial charge in [-0.3, -0.25) is 4.79 Å². The summed E-state index contributed by atoms with van der Waals surface area (Å²) in [4.78, 5) is 11.8. The van der Waals surface area contributed by atoms with Crippen LogP contribution in [0.3, 0.4) is 0 Å². The molecule has 0 bridgehead atoms. The van der Waals surface area contributed by atoms with E-state index in [-0.39, 0.29) is 37.4 Å². The molecule has 0 aliphatic heterocycles. The first-order chi connectivity index (χ1) is 9.96. The molecule has 0 fully saturated rings. The number of nitrogens with two attached hydrogens (primary N) is 1. The first-order valence-electron chi connectivity index (χ1n) is 6.50. The van der Waals surface area contributed by atoms with Crippen molar-refractivity contribution < 1.29 is 23.0 Å². The van der Waals surface area contributed by atoms with Crippen molar-refractivity contribution in [3.63, 3.8) is 0 Å². The molecule has 1 amide bonds. The van der Waals surface area contributed by atoms with Crippen molar-refractivity contribution in [3.05, 3.63) is 23.8 Å². The monoisotopic (exact) mass is 338 g/mol. The molecule has 8 heteroatoms. The van der Waals surface area contributed by atoms with Gasteiger partial charge in [-0.15, -0.1) is 12.4 Å². The van der Waals surface area contributed by atoms with Gasteiger partial charge in [-0.05, 0) is 18.6 Å². The van der Waals surface area contributed by atoms with Crippen molar-refractivity contribution in [2.75, 3.05) is 25.6 Å². The number of methoxy groups -OCH3 is 1. The van der Waals surface area contributed by atoms with Crippen LogP contribution in [0.4, 0.5) is 14.5 Å². The van der Waals surface area contributed by atoms with Crippen LogP contribution in [0.2, 0.25) is 0 Å². The smallest absolute Gasteiger partial charge is 0.272 e. The minimum absolute atomic E-state index is 0. The Morgan fingerprint density at radius 3 is 2.64 bits per heavy atom. The molecular formula is C14H21ClF2N2O3. The molecule has 0 saturated carbocycles. The highest BCUT2D eigenvalue weighted by molar-refractivity contribution is 5.91. The van der Waals surface area contributed by atoms with Gasteiger partial charge in [-0.2, -0.15) is 0 Å². The van der Waals surface area contributed by atoms with Gasteiger partial charge in [0.25, 0.3) is 6.43 Å². The van der Waals surface area contributed by atoms with E-state index >= 15 is 0 Å². The van der Waals surface area contributed by atoms with Crippen molar-refractivity contribution in [1.29, 1.82) is 0 Å². The number of carbonyl (C=O) groups is 1. The average molecular weight is 339 g/mol. The molecule has 0 aliphatic rings. The maximum absolute atomic E-state index is 12.2. The Balaban J connectivity index is 0.00000441. The molecule has 1 rings (SSSR count). The van der Waals surface area contributed by atoms with Gasteiger partial charge in [0.15, 0.2) is 0 Å². The van der Waals surface area contributed by atoms with Crippen molar-refractivity contribution in [2.24, 2.45) is 5.73 Å². The third-order valence-corrected chi connectivity index (χ3v) is 2.85. The first-order valence-corrected chi connectivity index (χ1v) is 6.50. The van der Waals surface area contributed by atoms with Crippen LogP contribution in [0.15, 0.2) is 18.2 Å². The summed E-state index contributed by atoms with van der Waals surface area (Å²) in [5.41, 5.74) is 6.63. The van der Waals surface area contributed by atoms with Gasteiger partial charge in [-0.1, -0.05) is 6.07 Å². The van der Waals surface area contributed by atoms with E-state index in [9.17, 15) is 13.6 Å². The number of anilines is 1. The maximum Gasteiger partial charge on any atom is 0.272 e. The molecule has 3 N–H and O–H groups in total. The molecule has 0 radical (unpaired) electrons. The summed E-state index contributed by atoms with van der Waals surface area (Å²) >= 11 is 0. The van der Waals surface area contributed by atoms with Crippen LogP contribution in [0.5, 0.6) is 5.75 Å². The fraction of sp³-hybridized carbons (Fsp3) is 0.500. The topological polar surface area (TPSA) is 73.6 Å². The highest BCUT2D eigenvalue weighted by Gasteiger charge is 2.12. The van der Waals surface area contributed by atoms with E-state index in [2.05, 4.69) is 5.32 Å². The summed E-state index contributed by atoms with van der Waals surface area (Å²) in [5.74, 6) is 0.0474. The van der Waals surface area contributed by atoms with E-state index in [1.54, 1.807) is 19.1 Å². The van der Waals surface area contributed by atoms with Crippen LogP contribution in [0.25, 0.3) is 0 Å². The van der Waals surface area contributed by atoms with Crippen LogP contribution in [-0.4, -0.2) is 38.7 Å². The Kier molecular flexibility index (Phi) is 9.64. The van der Waals surface area contributed by atoms with Crippen molar-refractivity contribution in [3.8, 4) is 5.75 Å². The maximum atomic E-state index is 12.2. The molecular weight excluding hydrogens is 318 g/mol. The van der Waals surface area contributed by atoms with Gasteiger partial charge in [0.05, 0.1) is 12.5 Å². The lowest BCUT2D eigenvalue weighted by Gasteiger charge is -2.14. The zero-order chi connectivity index (χ0) is 15.8. The molecule has 5 nitrogen and oxygen atoms in total. The molecule has 0 aromatic heterocycles. The summed E-state index contributed by atoms with van der Waals surface area (Å²) in [5, 5.41) is 2.65. The number of aryl methyl sites for hydroxylation is 1. The van der Waals surface area contributed by atoms with E-state index in [0.717, 1.165) is 0 Å². The molecule has 1 aromatic rings. The zero-order valence-corrected chi connectivity index (χ0v) is 13.3. The average Bonchev–Trinajstić information content (AvgIpc) is 2.45. The molecule has 1 unspecified atom stereocenters. The first kappa shape index (κ1) is 20.6. The zero-order valence-electron chi connectivity index (χ0n) is 12.5. The third kappa shape index (κ3) is 7.02. The lowest BCUT2D eigenvalue weighted by atomic mass is 10.2. The normalized spacial score (nSPS) is 11.7. The Morgan fingerprint density at radius 1 is 1.41 bits per heavy atom. The quantitative estimate of drug-likeness (QED) is 0.763. The predicted molar refractivity (Wildman–Crippen MR) is 83.0 cm³/mol. The molecule has 22 heavy (non-hydrogen) atoms. The Labute approximate surface area is 134 Å². The van der Waals surface area contributed by atoms with E-state index in [1.165, 1.54) is 13.2 Å². The van der Waals surface area contributed by atoms with Crippen molar-refractivity contribution >= 4 is 24.0 Å². The van der Waals surface area contributed by atoms with Crippen LogP contribution < -0.4 is 15.8 Å². The van der Waals surface area contributed by atoms with Gasteiger partial charge in [0.2, 0.25) is 5.91 Å². The van der Waals surface area contributed by atoms with E-state index in [0.29, 0.717) is 17.0 Å². The second kappa shape index (κ2) is 10.3. The number of halogens is 3. The molecule has 126 valence electrons. The summed E-state index contributed by atoms with van der Waals surface area (Å²) in [6.07, 6.45) is -2.78. The lowest BCUT2D eigenvalue weighted by Crippen LogP contribution is -2.28. The standard InChI is InChI=1S/C14H20F2N2O3.ClH/c1-9-3-4-10(5-12(9)21-8-13(15)16)18-14(19)6-11(7-17)20-2;/h3-5,11,13H,6-8,17H2,1-2H3,(H,18,19);1H. The van der Waals surface area contributed by atoms with Crippen molar-refractivity contribution in [1.82, 2.24) is 0 Å². The van der Waals surface area contributed by atoms with Gasteiger partial charge < -0.3 is 20.5 Å². The van der Waals surface area contributed by atoms with E-state index in [4.69, 9.17) is 15.2 Å². The number of nitrogens with one attached hydrogen (secondary N) is 1. The van der Waals surface area contributed by atoms with Crippen LogP contribution in [0, 0.1) is 6.92 Å².